The zero-order valence-corrected chi connectivity index (χ0v) is 21.5. The second-order valence-electron chi connectivity index (χ2n) is 11.8. The van der Waals surface area contributed by atoms with Crippen molar-refractivity contribution in [3.63, 3.8) is 0 Å². The van der Waals surface area contributed by atoms with Crippen LogP contribution >= 0.6 is 0 Å². The van der Waals surface area contributed by atoms with E-state index in [1.807, 2.05) is 4.90 Å². The van der Waals surface area contributed by atoms with E-state index in [2.05, 4.69) is 56.9 Å². The monoisotopic (exact) mass is 448 g/mol. The average molecular weight is 449 g/mol. The van der Waals surface area contributed by atoms with E-state index in [4.69, 9.17) is 0 Å². The molecule has 0 aromatic heterocycles. The highest BCUT2D eigenvalue weighted by molar-refractivity contribution is 5.90. The van der Waals surface area contributed by atoms with Gasteiger partial charge in [0, 0.05) is 32.7 Å². The Morgan fingerprint density at radius 3 is 2.47 bits per heavy atom. The van der Waals surface area contributed by atoms with Gasteiger partial charge in [0.2, 0.25) is 11.8 Å². The molecule has 3 rings (SSSR count). The molecule has 2 heterocycles. The van der Waals surface area contributed by atoms with Crippen molar-refractivity contribution in [1.29, 1.82) is 0 Å². The maximum Gasteiger partial charge on any atom is 0.245 e. The van der Waals surface area contributed by atoms with Gasteiger partial charge in [0.05, 0.1) is 6.04 Å². The molecule has 2 amide bonds. The van der Waals surface area contributed by atoms with Crippen molar-refractivity contribution < 1.29 is 9.59 Å². The molecule has 2 aliphatic heterocycles. The van der Waals surface area contributed by atoms with E-state index >= 15 is 0 Å². The van der Waals surface area contributed by atoms with Crippen molar-refractivity contribution in [2.45, 2.75) is 78.3 Å². The Kier molecular flexibility index (Phi) is 9.02. The predicted octanol–water partition coefficient (Wildman–Crippen LogP) is 3.07. The number of piperidine rings is 1. The maximum absolute atomic E-state index is 13.8. The molecule has 3 aliphatic rings. The van der Waals surface area contributed by atoms with Crippen molar-refractivity contribution in [3.05, 3.63) is 0 Å². The van der Waals surface area contributed by atoms with Gasteiger partial charge in [-0.3, -0.25) is 9.59 Å². The van der Waals surface area contributed by atoms with Gasteiger partial charge in [-0.15, -0.1) is 0 Å². The Hall–Kier alpha value is -1.14. The van der Waals surface area contributed by atoms with Gasteiger partial charge in [-0.25, -0.2) is 0 Å². The molecule has 1 N–H and O–H groups in total. The average Bonchev–Trinajstić information content (AvgIpc) is 2.72. The van der Waals surface area contributed by atoms with E-state index in [1.165, 1.54) is 25.8 Å². The lowest BCUT2D eigenvalue weighted by Crippen LogP contribution is -2.62. The van der Waals surface area contributed by atoms with E-state index in [0.717, 1.165) is 50.7 Å². The van der Waals surface area contributed by atoms with E-state index in [0.29, 0.717) is 24.3 Å². The smallest absolute Gasteiger partial charge is 0.245 e. The van der Waals surface area contributed by atoms with Gasteiger partial charge in [0.15, 0.2) is 0 Å². The standard InChI is InChI=1S/C26H48N4O2/c1-18(2)13-23-25(31)30(12-10-27-23)24(14-19(3)4)26(32)29-11-9-21-15-20(16-28(5)6)7-8-22(21)17-29/h18-24,27H,7-17H2,1-6H3/t20?,21?,22?,23-,24?/m0/s1. The number of hydrogen-bond acceptors (Lipinski definition) is 4. The van der Waals surface area contributed by atoms with Crippen molar-refractivity contribution in [2.24, 2.45) is 29.6 Å². The van der Waals surface area contributed by atoms with Crippen LogP contribution < -0.4 is 5.32 Å². The quantitative estimate of drug-likeness (QED) is 0.620. The number of nitrogens with zero attached hydrogens (tertiary/aromatic N) is 3. The molecule has 1 saturated carbocycles. The lowest BCUT2D eigenvalue weighted by molar-refractivity contribution is -0.151. The van der Waals surface area contributed by atoms with E-state index < -0.39 is 0 Å². The molecule has 0 bridgehead atoms. The van der Waals surface area contributed by atoms with Crippen LogP contribution in [-0.4, -0.2) is 85.4 Å². The molecule has 0 radical (unpaired) electrons. The number of piperazine rings is 1. The molecule has 4 unspecified atom stereocenters. The summed E-state index contributed by atoms with van der Waals surface area (Å²) in [4.78, 5) is 33.5. The fourth-order valence-corrected chi connectivity index (χ4v) is 6.34. The summed E-state index contributed by atoms with van der Waals surface area (Å²) < 4.78 is 0. The first-order valence-electron chi connectivity index (χ1n) is 13.1. The Morgan fingerprint density at radius 2 is 1.81 bits per heavy atom. The molecule has 6 heteroatoms. The molecule has 0 spiro atoms. The summed E-state index contributed by atoms with van der Waals surface area (Å²) in [5.74, 6) is 3.37. The highest BCUT2D eigenvalue weighted by atomic mass is 16.2. The van der Waals surface area contributed by atoms with Gasteiger partial charge < -0.3 is 20.0 Å². The Morgan fingerprint density at radius 1 is 1.06 bits per heavy atom. The topological polar surface area (TPSA) is 55.9 Å². The fourth-order valence-electron chi connectivity index (χ4n) is 6.34. The van der Waals surface area contributed by atoms with E-state index in [1.54, 1.807) is 0 Å². The van der Waals surface area contributed by atoms with E-state index in [-0.39, 0.29) is 23.9 Å². The van der Waals surface area contributed by atoms with Crippen LogP contribution in [0.2, 0.25) is 0 Å². The van der Waals surface area contributed by atoms with Gasteiger partial charge in [0.1, 0.15) is 6.04 Å². The lowest BCUT2D eigenvalue weighted by Gasteiger charge is -2.46. The summed E-state index contributed by atoms with van der Waals surface area (Å²) in [7, 11) is 4.34. The number of fused-ring (bicyclic) bond motifs is 1. The molecule has 5 atom stereocenters. The van der Waals surface area contributed by atoms with Gasteiger partial charge >= 0.3 is 0 Å². The van der Waals surface area contributed by atoms with Crippen molar-refractivity contribution >= 4 is 11.8 Å². The zero-order valence-electron chi connectivity index (χ0n) is 21.5. The van der Waals surface area contributed by atoms with Crippen LogP contribution in [-0.2, 0) is 9.59 Å². The number of amides is 2. The second-order valence-corrected chi connectivity index (χ2v) is 11.8. The van der Waals surface area contributed by atoms with Crippen molar-refractivity contribution in [1.82, 2.24) is 20.0 Å². The number of likely N-dealkylation sites (tertiary alicyclic amines) is 1. The molecule has 0 aromatic carbocycles. The number of nitrogens with one attached hydrogen (secondary N) is 1. The number of hydrogen-bond donors (Lipinski definition) is 1. The van der Waals surface area contributed by atoms with Gasteiger partial charge in [-0.1, -0.05) is 27.7 Å². The maximum atomic E-state index is 13.8. The molecule has 3 fully saturated rings. The minimum absolute atomic E-state index is 0.128. The largest absolute Gasteiger partial charge is 0.341 e. The van der Waals surface area contributed by atoms with Crippen LogP contribution in [0.5, 0.6) is 0 Å². The molecule has 0 aromatic rings. The first kappa shape index (κ1) is 25.5. The fraction of sp³-hybridized carbons (Fsp3) is 0.923. The number of carbonyl (C=O) groups is 2. The van der Waals surface area contributed by atoms with Crippen LogP contribution in [0.4, 0.5) is 0 Å². The van der Waals surface area contributed by atoms with Crippen LogP contribution in [0.25, 0.3) is 0 Å². The van der Waals surface area contributed by atoms with Crippen molar-refractivity contribution in [3.8, 4) is 0 Å². The SMILES string of the molecule is CC(C)CC(C(=O)N1CCC2CC(CN(C)C)CCC2C1)N1CCN[C@@H](CC(C)C)C1=O. The second kappa shape index (κ2) is 11.3. The third-order valence-electron chi connectivity index (χ3n) is 7.80. The van der Waals surface area contributed by atoms with Gasteiger partial charge in [-0.2, -0.15) is 0 Å². The van der Waals surface area contributed by atoms with E-state index in [9.17, 15) is 9.59 Å². The minimum Gasteiger partial charge on any atom is -0.341 e. The van der Waals surface area contributed by atoms with Gasteiger partial charge in [0.25, 0.3) is 0 Å². The summed E-state index contributed by atoms with van der Waals surface area (Å²) in [5, 5.41) is 3.39. The Balaban J connectivity index is 1.66. The van der Waals surface area contributed by atoms with Crippen LogP contribution in [0.15, 0.2) is 0 Å². The zero-order chi connectivity index (χ0) is 23.4. The molecule has 184 valence electrons. The summed E-state index contributed by atoms with van der Waals surface area (Å²) in [6, 6.07) is -0.454. The number of carbonyl (C=O) groups excluding carboxylic acids is 2. The Labute approximate surface area is 196 Å². The van der Waals surface area contributed by atoms with Crippen LogP contribution in [0.1, 0.15) is 66.2 Å². The summed E-state index contributed by atoms with van der Waals surface area (Å²) in [6.45, 7) is 13.0. The highest BCUT2D eigenvalue weighted by Gasteiger charge is 2.41. The van der Waals surface area contributed by atoms with Crippen LogP contribution in [0.3, 0.4) is 0 Å². The summed E-state index contributed by atoms with van der Waals surface area (Å²) >= 11 is 0. The molecule has 1 aliphatic carbocycles. The van der Waals surface area contributed by atoms with Crippen molar-refractivity contribution in [2.75, 3.05) is 46.8 Å². The summed E-state index contributed by atoms with van der Waals surface area (Å²) in [5.41, 5.74) is 0. The lowest BCUT2D eigenvalue weighted by atomic mass is 9.70. The normalized spacial score (nSPS) is 30.2. The predicted molar refractivity (Wildman–Crippen MR) is 130 cm³/mol. The first-order valence-corrected chi connectivity index (χ1v) is 13.1. The van der Waals surface area contributed by atoms with Crippen LogP contribution in [0, 0.1) is 29.6 Å². The third-order valence-corrected chi connectivity index (χ3v) is 7.80. The molecule has 32 heavy (non-hydrogen) atoms. The molecular formula is C26H48N4O2. The van der Waals surface area contributed by atoms with Gasteiger partial charge in [-0.05, 0) is 82.2 Å². The molecular weight excluding hydrogens is 400 g/mol. The minimum atomic E-state index is -0.305. The Bertz CT molecular complexity index is 635. The molecule has 6 nitrogen and oxygen atoms in total. The third kappa shape index (κ3) is 6.47. The first-order chi connectivity index (χ1) is 15.2. The summed E-state index contributed by atoms with van der Waals surface area (Å²) in [6.07, 6.45) is 6.55. The highest BCUT2D eigenvalue weighted by Crippen LogP contribution is 2.39. The number of rotatable bonds is 8. The molecule has 2 saturated heterocycles.